The molecular formula is C17H14ClFN2O. The molecule has 1 aromatic heterocycles. The summed E-state index contributed by atoms with van der Waals surface area (Å²) in [6.45, 7) is 2.23. The zero-order chi connectivity index (χ0) is 15.7. The maximum absolute atomic E-state index is 12.9. The lowest BCUT2D eigenvalue weighted by Gasteiger charge is -2.05. The van der Waals surface area contributed by atoms with Gasteiger partial charge >= 0.3 is 0 Å². The van der Waals surface area contributed by atoms with Crippen LogP contribution in [0.15, 0.2) is 42.5 Å². The molecule has 0 aliphatic carbocycles. The highest BCUT2D eigenvalue weighted by Gasteiger charge is 2.14. The molecule has 0 atom stereocenters. The normalized spacial score (nSPS) is 10.9. The highest BCUT2D eigenvalue weighted by atomic mass is 35.5. The number of aryl methyl sites for hydroxylation is 1. The standard InChI is InChI=1S/C17H14ClFN2O/c1-10-14-7-4-12(18)8-15(14)21-16(10)17(22)20-9-11-2-5-13(19)6-3-11/h2-8,21H,9H2,1H3,(H,20,22). The van der Waals surface area contributed by atoms with E-state index in [0.717, 1.165) is 22.0 Å². The molecule has 3 aromatic rings. The summed E-state index contributed by atoms with van der Waals surface area (Å²) in [7, 11) is 0. The summed E-state index contributed by atoms with van der Waals surface area (Å²) < 4.78 is 12.9. The zero-order valence-corrected chi connectivity index (χ0v) is 12.7. The lowest BCUT2D eigenvalue weighted by atomic mass is 10.1. The fraction of sp³-hybridized carbons (Fsp3) is 0.118. The van der Waals surface area contributed by atoms with Crippen molar-refractivity contribution in [1.82, 2.24) is 10.3 Å². The van der Waals surface area contributed by atoms with Crippen LogP contribution in [-0.2, 0) is 6.54 Å². The Kier molecular flexibility index (Phi) is 3.86. The first-order valence-corrected chi connectivity index (χ1v) is 7.23. The molecule has 0 fully saturated rings. The van der Waals surface area contributed by atoms with E-state index in [2.05, 4.69) is 10.3 Å². The van der Waals surface area contributed by atoms with Gasteiger partial charge in [0, 0.05) is 22.5 Å². The summed E-state index contributed by atoms with van der Waals surface area (Å²) >= 11 is 5.96. The third kappa shape index (κ3) is 2.83. The lowest BCUT2D eigenvalue weighted by molar-refractivity contribution is 0.0946. The topological polar surface area (TPSA) is 44.9 Å². The monoisotopic (exact) mass is 316 g/mol. The smallest absolute Gasteiger partial charge is 0.268 e. The predicted octanol–water partition coefficient (Wildman–Crippen LogP) is 4.20. The molecule has 0 saturated heterocycles. The van der Waals surface area contributed by atoms with Crippen molar-refractivity contribution in [2.75, 3.05) is 0 Å². The van der Waals surface area contributed by atoms with Gasteiger partial charge in [-0.2, -0.15) is 0 Å². The SMILES string of the molecule is Cc1c(C(=O)NCc2ccc(F)cc2)[nH]c2cc(Cl)ccc12. The van der Waals surface area contributed by atoms with Gasteiger partial charge in [0.05, 0.1) is 0 Å². The van der Waals surface area contributed by atoms with Crippen molar-refractivity contribution in [1.29, 1.82) is 0 Å². The molecule has 5 heteroatoms. The molecule has 3 rings (SSSR count). The van der Waals surface area contributed by atoms with E-state index in [0.29, 0.717) is 17.3 Å². The van der Waals surface area contributed by atoms with E-state index in [1.54, 1.807) is 24.3 Å². The summed E-state index contributed by atoms with van der Waals surface area (Å²) in [5.41, 5.74) is 3.06. The number of aromatic nitrogens is 1. The number of aromatic amines is 1. The average molecular weight is 317 g/mol. The molecule has 0 spiro atoms. The fourth-order valence-electron chi connectivity index (χ4n) is 2.41. The summed E-state index contributed by atoms with van der Waals surface area (Å²) in [5.74, 6) is -0.493. The Bertz CT molecular complexity index is 840. The third-order valence-electron chi connectivity index (χ3n) is 3.61. The van der Waals surface area contributed by atoms with Gasteiger partial charge in [-0.25, -0.2) is 4.39 Å². The van der Waals surface area contributed by atoms with Crippen molar-refractivity contribution >= 4 is 28.4 Å². The van der Waals surface area contributed by atoms with Crippen molar-refractivity contribution < 1.29 is 9.18 Å². The van der Waals surface area contributed by atoms with Gasteiger partial charge in [0.15, 0.2) is 0 Å². The van der Waals surface area contributed by atoms with Gasteiger partial charge in [-0.05, 0) is 42.3 Å². The molecule has 112 valence electrons. The Hall–Kier alpha value is -2.33. The molecule has 22 heavy (non-hydrogen) atoms. The van der Waals surface area contributed by atoms with Gasteiger partial charge in [0.25, 0.3) is 5.91 Å². The summed E-state index contributed by atoms with van der Waals surface area (Å²) in [5, 5.41) is 4.41. The number of carbonyl (C=O) groups excluding carboxylic acids is 1. The molecule has 1 amide bonds. The van der Waals surface area contributed by atoms with E-state index in [1.165, 1.54) is 12.1 Å². The Balaban J connectivity index is 1.80. The minimum Gasteiger partial charge on any atom is -0.350 e. The predicted molar refractivity (Wildman–Crippen MR) is 85.6 cm³/mol. The van der Waals surface area contributed by atoms with Crippen LogP contribution in [0.4, 0.5) is 4.39 Å². The van der Waals surface area contributed by atoms with Crippen LogP contribution in [0.3, 0.4) is 0 Å². The first-order chi connectivity index (χ1) is 10.5. The van der Waals surface area contributed by atoms with Crippen LogP contribution < -0.4 is 5.32 Å². The molecule has 3 nitrogen and oxygen atoms in total. The van der Waals surface area contributed by atoms with Crippen LogP contribution in [0.1, 0.15) is 21.6 Å². The maximum atomic E-state index is 12.9. The number of fused-ring (bicyclic) bond motifs is 1. The fourth-order valence-corrected chi connectivity index (χ4v) is 2.58. The number of rotatable bonds is 3. The number of halogens is 2. The zero-order valence-electron chi connectivity index (χ0n) is 11.9. The average Bonchev–Trinajstić information content (AvgIpc) is 2.83. The molecule has 0 aliphatic rings. The van der Waals surface area contributed by atoms with Crippen LogP contribution in [-0.4, -0.2) is 10.9 Å². The van der Waals surface area contributed by atoms with Gasteiger partial charge in [-0.1, -0.05) is 29.8 Å². The Morgan fingerprint density at radius 2 is 1.95 bits per heavy atom. The number of hydrogen-bond donors (Lipinski definition) is 2. The van der Waals surface area contributed by atoms with E-state index in [4.69, 9.17) is 11.6 Å². The largest absolute Gasteiger partial charge is 0.350 e. The molecular weight excluding hydrogens is 303 g/mol. The molecule has 0 saturated carbocycles. The van der Waals surface area contributed by atoms with Gasteiger partial charge in [-0.15, -0.1) is 0 Å². The highest BCUT2D eigenvalue weighted by Crippen LogP contribution is 2.24. The number of hydrogen-bond acceptors (Lipinski definition) is 1. The molecule has 0 bridgehead atoms. The second-order valence-corrected chi connectivity index (χ2v) is 5.56. The van der Waals surface area contributed by atoms with Crippen molar-refractivity contribution in [3.05, 3.63) is 70.1 Å². The summed E-state index contributed by atoms with van der Waals surface area (Å²) in [4.78, 5) is 15.4. The van der Waals surface area contributed by atoms with Gasteiger partial charge in [0.2, 0.25) is 0 Å². The number of benzene rings is 2. The minimum atomic E-state index is -0.293. The van der Waals surface area contributed by atoms with Crippen LogP contribution in [0.5, 0.6) is 0 Å². The van der Waals surface area contributed by atoms with Crippen LogP contribution >= 0.6 is 11.6 Å². The Morgan fingerprint density at radius 1 is 1.23 bits per heavy atom. The number of amides is 1. The lowest BCUT2D eigenvalue weighted by Crippen LogP contribution is -2.23. The van der Waals surface area contributed by atoms with Crippen molar-refractivity contribution in [3.63, 3.8) is 0 Å². The highest BCUT2D eigenvalue weighted by molar-refractivity contribution is 6.31. The third-order valence-corrected chi connectivity index (χ3v) is 3.85. The molecule has 0 aliphatic heterocycles. The Labute approximate surface area is 132 Å². The number of carbonyl (C=O) groups is 1. The van der Waals surface area contributed by atoms with E-state index >= 15 is 0 Å². The second-order valence-electron chi connectivity index (χ2n) is 5.12. The molecule has 0 unspecified atom stereocenters. The molecule has 0 radical (unpaired) electrons. The summed E-state index contributed by atoms with van der Waals surface area (Å²) in [6, 6.07) is 11.5. The number of nitrogens with one attached hydrogen (secondary N) is 2. The van der Waals surface area contributed by atoms with Crippen LogP contribution in [0.2, 0.25) is 5.02 Å². The first kappa shape index (κ1) is 14.6. The molecule has 2 N–H and O–H groups in total. The quantitative estimate of drug-likeness (QED) is 0.747. The van der Waals surface area contributed by atoms with Crippen molar-refractivity contribution in [2.24, 2.45) is 0 Å². The first-order valence-electron chi connectivity index (χ1n) is 6.85. The maximum Gasteiger partial charge on any atom is 0.268 e. The Morgan fingerprint density at radius 3 is 2.68 bits per heavy atom. The van der Waals surface area contributed by atoms with Crippen molar-refractivity contribution in [3.8, 4) is 0 Å². The van der Waals surface area contributed by atoms with E-state index < -0.39 is 0 Å². The van der Waals surface area contributed by atoms with Crippen LogP contribution in [0.25, 0.3) is 10.9 Å². The molecule has 1 heterocycles. The van der Waals surface area contributed by atoms with E-state index in [9.17, 15) is 9.18 Å². The van der Waals surface area contributed by atoms with Gasteiger partial charge in [-0.3, -0.25) is 4.79 Å². The molecule has 2 aromatic carbocycles. The van der Waals surface area contributed by atoms with E-state index in [-0.39, 0.29) is 11.7 Å². The second kappa shape index (κ2) is 5.81. The van der Waals surface area contributed by atoms with Crippen molar-refractivity contribution in [2.45, 2.75) is 13.5 Å². The number of H-pyrrole nitrogens is 1. The van der Waals surface area contributed by atoms with Gasteiger partial charge in [0.1, 0.15) is 11.5 Å². The van der Waals surface area contributed by atoms with E-state index in [1.807, 2.05) is 13.0 Å². The summed E-state index contributed by atoms with van der Waals surface area (Å²) in [6.07, 6.45) is 0. The van der Waals surface area contributed by atoms with Crippen LogP contribution in [0, 0.1) is 12.7 Å². The minimum absolute atomic E-state index is 0.200. The van der Waals surface area contributed by atoms with Gasteiger partial charge < -0.3 is 10.3 Å².